The Balaban J connectivity index is 3.12. The van der Waals surface area contributed by atoms with Crippen molar-refractivity contribution >= 4 is 37.6 Å². The van der Waals surface area contributed by atoms with Crippen molar-refractivity contribution in [1.82, 2.24) is 0 Å². The molecule has 72 valence electrons. The Labute approximate surface area is 99.2 Å². The summed E-state index contributed by atoms with van der Waals surface area (Å²) in [5.74, 6) is -0.0141. The van der Waals surface area contributed by atoms with Gasteiger partial charge in [0.05, 0.1) is 11.6 Å². The van der Waals surface area contributed by atoms with Crippen molar-refractivity contribution in [2.45, 2.75) is 6.42 Å². The number of nitrogens with zero attached hydrogens (tertiary/aromatic N) is 1. The first-order valence-electron chi connectivity index (χ1n) is 3.98. The summed E-state index contributed by atoms with van der Waals surface area (Å²) in [4.78, 5) is 11.6. The van der Waals surface area contributed by atoms with E-state index in [-0.39, 0.29) is 5.78 Å². The van der Waals surface area contributed by atoms with Gasteiger partial charge in [0.1, 0.15) is 0 Å². The molecule has 4 heteroatoms. The van der Waals surface area contributed by atoms with E-state index in [0.717, 1.165) is 4.47 Å². The zero-order valence-electron chi connectivity index (χ0n) is 7.26. The summed E-state index contributed by atoms with van der Waals surface area (Å²) in [5, 5.41) is 9.41. The lowest BCUT2D eigenvalue weighted by molar-refractivity contribution is 0.0989. The number of hydrogen-bond donors (Lipinski definition) is 0. The number of hydrogen-bond acceptors (Lipinski definition) is 2. The fourth-order valence-corrected chi connectivity index (χ4v) is 1.79. The average molecular weight is 317 g/mol. The maximum atomic E-state index is 11.6. The lowest BCUT2D eigenvalue weighted by atomic mass is 10.0. The van der Waals surface area contributed by atoms with Crippen molar-refractivity contribution < 1.29 is 4.79 Å². The second-order valence-electron chi connectivity index (χ2n) is 2.66. The summed E-state index contributed by atoms with van der Waals surface area (Å²) < 4.78 is 0.814. The maximum Gasteiger partial charge on any atom is 0.165 e. The topological polar surface area (TPSA) is 40.9 Å². The summed E-state index contributed by atoms with van der Waals surface area (Å²) in [6, 6.07) is 7.09. The molecule has 0 radical (unpaired) electrons. The molecule has 0 spiro atoms. The van der Waals surface area contributed by atoms with E-state index in [4.69, 9.17) is 5.26 Å². The maximum absolute atomic E-state index is 11.6. The predicted molar refractivity (Wildman–Crippen MR) is 61.6 cm³/mol. The largest absolute Gasteiger partial charge is 0.294 e. The molecule has 1 aromatic rings. The van der Waals surface area contributed by atoms with Crippen LogP contribution in [0.4, 0.5) is 0 Å². The molecule has 0 bridgehead atoms. The molecule has 0 amide bonds. The first-order chi connectivity index (χ1) is 6.69. The van der Waals surface area contributed by atoms with Crippen LogP contribution in [0.3, 0.4) is 0 Å². The van der Waals surface area contributed by atoms with Gasteiger partial charge in [0.15, 0.2) is 5.78 Å². The Hall–Kier alpha value is -0.660. The molecule has 1 rings (SSSR count). The molecule has 2 nitrogen and oxygen atoms in total. The molecule has 0 N–H and O–H groups in total. The molecule has 0 aliphatic heterocycles. The third-order valence-electron chi connectivity index (χ3n) is 1.72. The number of rotatable bonds is 3. The summed E-state index contributed by atoms with van der Waals surface area (Å²) in [6.45, 7) is 0. The lowest BCUT2D eigenvalue weighted by Gasteiger charge is -2.01. The van der Waals surface area contributed by atoms with Crippen LogP contribution in [0.25, 0.3) is 0 Å². The highest BCUT2D eigenvalue weighted by atomic mass is 79.9. The normalized spacial score (nSPS) is 9.50. The molecular formula is C10H7Br2NO. The van der Waals surface area contributed by atoms with Crippen LogP contribution in [0.5, 0.6) is 0 Å². The second kappa shape index (κ2) is 5.28. The number of carbonyl (C=O) groups excluding carboxylic acids is 1. The Kier molecular flexibility index (Phi) is 4.30. The molecule has 0 fully saturated rings. The minimum atomic E-state index is -0.0141. The molecule has 0 unspecified atom stereocenters. The van der Waals surface area contributed by atoms with Gasteiger partial charge in [-0.05, 0) is 18.2 Å². The zero-order chi connectivity index (χ0) is 10.6. The standard InChI is InChI=1S/C10H7Br2NO/c11-4-3-10(14)9-5-8(12)2-1-7(9)6-13/h1-2,5H,3-4H2. The summed E-state index contributed by atoms with van der Waals surface area (Å²) in [5.41, 5.74) is 0.917. The van der Waals surface area contributed by atoms with E-state index in [1.54, 1.807) is 18.2 Å². The first kappa shape index (κ1) is 11.4. The Morgan fingerprint density at radius 2 is 2.21 bits per heavy atom. The van der Waals surface area contributed by atoms with Crippen LogP contribution >= 0.6 is 31.9 Å². The van der Waals surface area contributed by atoms with Gasteiger partial charge in [-0.2, -0.15) is 5.26 Å². The van der Waals surface area contributed by atoms with Gasteiger partial charge in [-0.1, -0.05) is 31.9 Å². The van der Waals surface area contributed by atoms with Crippen molar-refractivity contribution in [3.63, 3.8) is 0 Å². The van der Waals surface area contributed by atoms with Crippen LogP contribution < -0.4 is 0 Å². The number of alkyl halides is 1. The van der Waals surface area contributed by atoms with Crippen molar-refractivity contribution in [3.8, 4) is 6.07 Å². The molecule has 14 heavy (non-hydrogen) atoms. The van der Waals surface area contributed by atoms with Crippen LogP contribution in [-0.2, 0) is 0 Å². The first-order valence-corrected chi connectivity index (χ1v) is 5.89. The van der Waals surface area contributed by atoms with E-state index < -0.39 is 0 Å². The third-order valence-corrected chi connectivity index (χ3v) is 2.61. The molecule has 0 heterocycles. The number of Topliss-reactive ketones (excluding diaryl/α,β-unsaturated/α-hetero) is 1. The van der Waals surface area contributed by atoms with Gasteiger partial charge in [-0.3, -0.25) is 4.79 Å². The number of nitriles is 1. The van der Waals surface area contributed by atoms with Crippen LogP contribution in [0, 0.1) is 11.3 Å². The van der Waals surface area contributed by atoms with Crippen molar-refractivity contribution in [1.29, 1.82) is 5.26 Å². The lowest BCUT2D eigenvalue weighted by Crippen LogP contribution is -2.02. The fourth-order valence-electron chi connectivity index (χ4n) is 1.07. The third kappa shape index (κ3) is 2.66. The highest BCUT2D eigenvalue weighted by molar-refractivity contribution is 9.10. The number of halogens is 2. The van der Waals surface area contributed by atoms with Gasteiger partial charge in [-0.25, -0.2) is 0 Å². The van der Waals surface area contributed by atoms with Gasteiger partial charge in [0.25, 0.3) is 0 Å². The van der Waals surface area contributed by atoms with E-state index >= 15 is 0 Å². The van der Waals surface area contributed by atoms with Gasteiger partial charge >= 0.3 is 0 Å². The van der Waals surface area contributed by atoms with Crippen LogP contribution in [0.15, 0.2) is 22.7 Å². The predicted octanol–water partition coefficient (Wildman–Crippen LogP) is 3.29. The number of carbonyl (C=O) groups is 1. The van der Waals surface area contributed by atoms with Gasteiger partial charge < -0.3 is 0 Å². The van der Waals surface area contributed by atoms with Crippen molar-refractivity contribution in [2.24, 2.45) is 0 Å². The molecule has 0 atom stereocenters. The van der Waals surface area contributed by atoms with Crippen LogP contribution in [-0.4, -0.2) is 11.1 Å². The van der Waals surface area contributed by atoms with E-state index in [2.05, 4.69) is 31.9 Å². The summed E-state index contributed by atoms with van der Waals surface area (Å²) in [6.07, 6.45) is 0.408. The highest BCUT2D eigenvalue weighted by Gasteiger charge is 2.10. The molecular weight excluding hydrogens is 310 g/mol. The molecule has 1 aromatic carbocycles. The van der Waals surface area contributed by atoms with E-state index in [9.17, 15) is 4.79 Å². The van der Waals surface area contributed by atoms with Crippen molar-refractivity contribution in [2.75, 3.05) is 5.33 Å². The van der Waals surface area contributed by atoms with Crippen LogP contribution in [0.1, 0.15) is 22.3 Å². The fraction of sp³-hybridized carbons (Fsp3) is 0.200. The molecule has 0 aromatic heterocycles. The Morgan fingerprint density at radius 1 is 1.50 bits per heavy atom. The molecule has 0 saturated carbocycles. The zero-order valence-corrected chi connectivity index (χ0v) is 10.4. The monoisotopic (exact) mass is 315 g/mol. The smallest absolute Gasteiger partial charge is 0.165 e. The molecule has 0 aliphatic carbocycles. The summed E-state index contributed by atoms with van der Waals surface area (Å²) in [7, 11) is 0. The highest BCUT2D eigenvalue weighted by Crippen LogP contribution is 2.17. The SMILES string of the molecule is N#Cc1ccc(Br)cc1C(=O)CCBr. The van der Waals surface area contributed by atoms with Gasteiger partial charge in [-0.15, -0.1) is 0 Å². The van der Waals surface area contributed by atoms with Crippen molar-refractivity contribution in [3.05, 3.63) is 33.8 Å². The quantitative estimate of drug-likeness (QED) is 0.634. The Bertz CT molecular complexity index is 396. The van der Waals surface area contributed by atoms with Gasteiger partial charge in [0.2, 0.25) is 0 Å². The van der Waals surface area contributed by atoms with Gasteiger partial charge in [0, 0.05) is 21.8 Å². The van der Waals surface area contributed by atoms with E-state index in [0.29, 0.717) is 22.9 Å². The average Bonchev–Trinajstić information content (AvgIpc) is 2.18. The summed E-state index contributed by atoms with van der Waals surface area (Å²) >= 11 is 6.47. The number of benzene rings is 1. The Morgan fingerprint density at radius 3 is 2.79 bits per heavy atom. The van der Waals surface area contributed by atoms with E-state index in [1.165, 1.54) is 0 Å². The molecule has 0 saturated heterocycles. The number of ketones is 1. The second-order valence-corrected chi connectivity index (χ2v) is 4.37. The van der Waals surface area contributed by atoms with Crippen LogP contribution in [0.2, 0.25) is 0 Å². The molecule has 0 aliphatic rings. The minimum Gasteiger partial charge on any atom is -0.294 e. The minimum absolute atomic E-state index is 0.0141. The van der Waals surface area contributed by atoms with E-state index in [1.807, 2.05) is 6.07 Å².